The molecular weight excluding hydrogens is 315 g/mol. The Morgan fingerprint density at radius 3 is 2.86 bits per heavy atom. The Morgan fingerprint density at radius 2 is 2.14 bits per heavy atom. The van der Waals surface area contributed by atoms with Crippen molar-refractivity contribution < 1.29 is 14.3 Å². The van der Waals surface area contributed by atoms with Crippen LogP contribution in [0.5, 0.6) is 11.5 Å². The molecule has 21 heavy (non-hydrogen) atoms. The molecule has 0 bridgehead atoms. The Labute approximate surface area is 135 Å². The maximum absolute atomic E-state index is 11.6. The van der Waals surface area contributed by atoms with Crippen molar-refractivity contribution in [3.05, 3.63) is 22.7 Å². The summed E-state index contributed by atoms with van der Waals surface area (Å²) >= 11 is 6.18. The van der Waals surface area contributed by atoms with Crippen LogP contribution in [0.15, 0.2) is 12.1 Å². The molecule has 1 aromatic carbocycles. The second-order valence-electron chi connectivity index (χ2n) is 4.91. The van der Waals surface area contributed by atoms with Crippen molar-refractivity contribution in [3.8, 4) is 11.5 Å². The Hall–Kier alpha value is -1.17. The SMILES string of the molecule is CC(N)CC(=O)NCc1cc(Cl)c2c(c1)OCCCO2.Cl. The number of amides is 1. The van der Waals surface area contributed by atoms with E-state index < -0.39 is 0 Å². The van der Waals surface area contributed by atoms with Gasteiger partial charge < -0.3 is 20.5 Å². The average Bonchev–Trinajstić information content (AvgIpc) is 2.61. The van der Waals surface area contributed by atoms with Crippen LogP contribution in [0.1, 0.15) is 25.3 Å². The van der Waals surface area contributed by atoms with E-state index in [1.165, 1.54) is 0 Å². The summed E-state index contributed by atoms with van der Waals surface area (Å²) in [6.45, 7) is 3.38. The van der Waals surface area contributed by atoms with E-state index in [9.17, 15) is 4.79 Å². The van der Waals surface area contributed by atoms with Crippen LogP contribution in [0.3, 0.4) is 0 Å². The molecule has 0 saturated carbocycles. The number of hydrogen-bond donors (Lipinski definition) is 2. The Kier molecular flexibility index (Phi) is 7.08. The summed E-state index contributed by atoms with van der Waals surface area (Å²) in [6, 6.07) is 3.47. The van der Waals surface area contributed by atoms with Crippen LogP contribution in [0.25, 0.3) is 0 Å². The number of ether oxygens (including phenoxy) is 2. The molecule has 0 aromatic heterocycles. The van der Waals surface area contributed by atoms with Gasteiger partial charge in [-0.05, 0) is 24.6 Å². The van der Waals surface area contributed by atoms with Crippen LogP contribution in [-0.2, 0) is 11.3 Å². The molecule has 0 saturated heterocycles. The summed E-state index contributed by atoms with van der Waals surface area (Å²) in [5, 5.41) is 3.31. The summed E-state index contributed by atoms with van der Waals surface area (Å²) in [5.41, 5.74) is 6.45. The molecule has 3 N–H and O–H groups in total. The number of hydrogen-bond acceptors (Lipinski definition) is 4. The van der Waals surface area contributed by atoms with Gasteiger partial charge in [0.1, 0.15) is 0 Å². The molecule has 1 aromatic rings. The van der Waals surface area contributed by atoms with Gasteiger partial charge in [0.05, 0.1) is 18.2 Å². The van der Waals surface area contributed by atoms with Crippen LogP contribution in [0, 0.1) is 0 Å². The lowest BCUT2D eigenvalue weighted by atomic mass is 10.2. The number of carbonyl (C=O) groups is 1. The van der Waals surface area contributed by atoms with Crippen molar-refractivity contribution in [3.63, 3.8) is 0 Å². The minimum absolute atomic E-state index is 0. The quantitative estimate of drug-likeness (QED) is 0.885. The van der Waals surface area contributed by atoms with Crippen LogP contribution in [0.4, 0.5) is 0 Å². The predicted octanol–water partition coefficient (Wildman–Crippen LogP) is 2.28. The van der Waals surface area contributed by atoms with Crippen molar-refractivity contribution >= 4 is 29.9 Å². The normalized spacial score (nSPS) is 14.6. The molecule has 1 aliphatic rings. The Balaban J connectivity index is 0.00000220. The van der Waals surface area contributed by atoms with Crippen molar-refractivity contribution in [1.29, 1.82) is 0 Å². The van der Waals surface area contributed by atoms with Gasteiger partial charge in [-0.1, -0.05) is 11.6 Å². The van der Waals surface area contributed by atoms with Crippen LogP contribution >= 0.6 is 24.0 Å². The first-order valence-corrected chi connectivity index (χ1v) is 7.04. The molecule has 1 heterocycles. The van der Waals surface area contributed by atoms with Gasteiger partial charge >= 0.3 is 0 Å². The second kappa shape index (κ2) is 8.32. The van der Waals surface area contributed by atoms with Gasteiger partial charge in [-0.15, -0.1) is 12.4 Å². The highest BCUT2D eigenvalue weighted by Crippen LogP contribution is 2.37. The zero-order valence-corrected chi connectivity index (χ0v) is 13.4. The Morgan fingerprint density at radius 1 is 1.43 bits per heavy atom. The number of rotatable bonds is 4. The summed E-state index contributed by atoms with van der Waals surface area (Å²) in [5.74, 6) is 1.13. The van der Waals surface area contributed by atoms with E-state index in [4.69, 9.17) is 26.8 Å². The van der Waals surface area contributed by atoms with Gasteiger partial charge in [-0.2, -0.15) is 0 Å². The summed E-state index contributed by atoms with van der Waals surface area (Å²) in [4.78, 5) is 11.6. The molecule has 1 atom stereocenters. The highest BCUT2D eigenvalue weighted by molar-refractivity contribution is 6.32. The highest BCUT2D eigenvalue weighted by Gasteiger charge is 2.16. The summed E-state index contributed by atoms with van der Waals surface area (Å²) in [7, 11) is 0. The molecule has 0 spiro atoms. The van der Waals surface area contributed by atoms with Gasteiger partial charge in [0, 0.05) is 25.4 Å². The second-order valence-corrected chi connectivity index (χ2v) is 5.32. The largest absolute Gasteiger partial charge is 0.489 e. The fourth-order valence-corrected chi connectivity index (χ4v) is 2.24. The van der Waals surface area contributed by atoms with E-state index in [2.05, 4.69) is 5.32 Å². The first-order chi connectivity index (χ1) is 9.56. The van der Waals surface area contributed by atoms with E-state index in [1.807, 2.05) is 6.07 Å². The van der Waals surface area contributed by atoms with Gasteiger partial charge in [0.25, 0.3) is 0 Å². The van der Waals surface area contributed by atoms with E-state index in [-0.39, 0.29) is 24.4 Å². The van der Waals surface area contributed by atoms with Crippen LogP contribution in [-0.4, -0.2) is 25.2 Å². The molecule has 0 radical (unpaired) electrons. The van der Waals surface area contributed by atoms with Crippen molar-refractivity contribution in [1.82, 2.24) is 5.32 Å². The topological polar surface area (TPSA) is 73.6 Å². The number of halogens is 2. The maximum atomic E-state index is 11.6. The molecule has 1 amide bonds. The zero-order chi connectivity index (χ0) is 14.5. The van der Waals surface area contributed by atoms with Crippen molar-refractivity contribution in [2.45, 2.75) is 32.4 Å². The predicted molar refractivity (Wildman–Crippen MR) is 84.4 cm³/mol. The molecule has 7 heteroatoms. The fourth-order valence-electron chi connectivity index (χ4n) is 1.95. The molecule has 0 fully saturated rings. The maximum Gasteiger partial charge on any atom is 0.221 e. The minimum atomic E-state index is -0.151. The number of benzene rings is 1. The number of nitrogens with one attached hydrogen (secondary N) is 1. The highest BCUT2D eigenvalue weighted by atomic mass is 35.5. The molecular formula is C14H20Cl2N2O3. The van der Waals surface area contributed by atoms with Gasteiger partial charge in [0.15, 0.2) is 11.5 Å². The summed E-state index contributed by atoms with van der Waals surface area (Å²) < 4.78 is 11.2. The smallest absolute Gasteiger partial charge is 0.221 e. The van der Waals surface area contributed by atoms with E-state index in [0.717, 1.165) is 12.0 Å². The molecule has 5 nitrogen and oxygen atoms in total. The standard InChI is InChI=1S/C14H19ClN2O3.ClH/c1-9(16)5-13(18)17-8-10-6-11(15)14-12(7-10)19-3-2-4-20-14;/h6-7,9H,2-5,8,16H2,1H3,(H,17,18);1H. The van der Waals surface area contributed by atoms with Gasteiger partial charge in [-0.3, -0.25) is 4.79 Å². The lowest BCUT2D eigenvalue weighted by Gasteiger charge is -2.12. The first kappa shape index (κ1) is 17.9. The number of carbonyl (C=O) groups excluding carboxylic acids is 1. The van der Waals surface area contributed by atoms with E-state index >= 15 is 0 Å². The third-order valence-corrected chi connectivity index (χ3v) is 3.14. The van der Waals surface area contributed by atoms with E-state index in [1.54, 1.807) is 13.0 Å². The molecule has 1 unspecified atom stereocenters. The Bertz CT molecular complexity index is 495. The molecule has 118 valence electrons. The molecule has 1 aliphatic heterocycles. The van der Waals surface area contributed by atoms with Gasteiger partial charge in [0.2, 0.25) is 5.91 Å². The first-order valence-electron chi connectivity index (χ1n) is 6.66. The lowest BCUT2D eigenvalue weighted by Crippen LogP contribution is -2.29. The summed E-state index contributed by atoms with van der Waals surface area (Å²) in [6.07, 6.45) is 1.13. The van der Waals surface area contributed by atoms with Gasteiger partial charge in [-0.25, -0.2) is 0 Å². The molecule has 0 aliphatic carbocycles. The number of fused-ring (bicyclic) bond motifs is 1. The van der Waals surface area contributed by atoms with Crippen molar-refractivity contribution in [2.75, 3.05) is 13.2 Å². The average molecular weight is 335 g/mol. The lowest BCUT2D eigenvalue weighted by molar-refractivity contribution is -0.121. The third-order valence-electron chi connectivity index (χ3n) is 2.86. The zero-order valence-electron chi connectivity index (χ0n) is 11.9. The van der Waals surface area contributed by atoms with E-state index in [0.29, 0.717) is 42.7 Å². The number of nitrogens with two attached hydrogens (primary N) is 1. The fraction of sp³-hybridized carbons (Fsp3) is 0.500. The van der Waals surface area contributed by atoms with Crippen LogP contribution < -0.4 is 20.5 Å². The third kappa shape index (κ3) is 5.26. The van der Waals surface area contributed by atoms with Crippen molar-refractivity contribution in [2.24, 2.45) is 5.73 Å². The van der Waals surface area contributed by atoms with Crippen LogP contribution in [0.2, 0.25) is 5.02 Å². The molecule has 2 rings (SSSR count). The monoisotopic (exact) mass is 334 g/mol. The minimum Gasteiger partial charge on any atom is -0.489 e.